The van der Waals surface area contributed by atoms with Crippen molar-refractivity contribution in [1.82, 2.24) is 10.2 Å². The van der Waals surface area contributed by atoms with Crippen molar-refractivity contribution in [2.75, 3.05) is 0 Å². The highest BCUT2D eigenvalue weighted by Gasteiger charge is 2.18. The molecule has 0 aliphatic heterocycles. The Morgan fingerprint density at radius 3 is 2.81 bits per heavy atom. The molecule has 7 nitrogen and oxygen atoms in total. The van der Waals surface area contributed by atoms with Crippen LogP contribution in [0.3, 0.4) is 0 Å². The van der Waals surface area contributed by atoms with Crippen molar-refractivity contribution in [3.8, 4) is 0 Å². The van der Waals surface area contributed by atoms with Gasteiger partial charge in [-0.25, -0.2) is 0 Å². The summed E-state index contributed by atoms with van der Waals surface area (Å²) in [6, 6.07) is 6.76. The summed E-state index contributed by atoms with van der Waals surface area (Å²) in [6.07, 6.45) is 0.981. The number of nitrogens with zero attached hydrogens (tertiary/aromatic N) is 4. The van der Waals surface area contributed by atoms with Gasteiger partial charge in [0.2, 0.25) is 0 Å². The van der Waals surface area contributed by atoms with Gasteiger partial charge in [0.15, 0.2) is 0 Å². The van der Waals surface area contributed by atoms with E-state index in [9.17, 15) is 10.1 Å². The second-order valence-corrected chi connectivity index (χ2v) is 2.96. The van der Waals surface area contributed by atoms with Crippen LogP contribution in [0.15, 0.2) is 29.4 Å². The lowest BCUT2D eigenvalue weighted by Gasteiger charge is -1.99. The van der Waals surface area contributed by atoms with Crippen molar-refractivity contribution in [3.63, 3.8) is 0 Å². The van der Waals surface area contributed by atoms with Crippen molar-refractivity contribution in [2.24, 2.45) is 5.16 Å². The van der Waals surface area contributed by atoms with E-state index >= 15 is 0 Å². The number of hydrogen-bond acceptors (Lipinski definition) is 6. The van der Waals surface area contributed by atoms with E-state index in [4.69, 9.17) is 5.21 Å². The minimum Gasteiger partial charge on any atom is -0.411 e. The quantitative estimate of drug-likeness (QED) is 0.354. The van der Waals surface area contributed by atoms with Crippen LogP contribution in [0.25, 0.3) is 10.9 Å². The summed E-state index contributed by atoms with van der Waals surface area (Å²) in [7, 11) is 0. The SMILES string of the molecule is O=[N+]([O-])c1nnc2ccccc2c1/C=N/O. The molecule has 1 heterocycles. The lowest BCUT2D eigenvalue weighted by atomic mass is 10.1. The highest BCUT2D eigenvalue weighted by atomic mass is 16.6. The zero-order chi connectivity index (χ0) is 11.5. The van der Waals surface area contributed by atoms with E-state index in [0.717, 1.165) is 6.21 Å². The maximum atomic E-state index is 10.7. The lowest BCUT2D eigenvalue weighted by molar-refractivity contribution is -0.390. The molecule has 0 amide bonds. The number of hydrogen-bond donors (Lipinski definition) is 1. The molecule has 2 aromatic rings. The lowest BCUT2D eigenvalue weighted by Crippen LogP contribution is -2.01. The van der Waals surface area contributed by atoms with Crippen LogP contribution < -0.4 is 0 Å². The molecular weight excluding hydrogens is 212 g/mol. The van der Waals surface area contributed by atoms with Gasteiger partial charge in [0.05, 0.1) is 11.3 Å². The molecule has 0 aliphatic carbocycles. The molecule has 0 radical (unpaired) electrons. The fourth-order valence-electron chi connectivity index (χ4n) is 1.38. The Balaban J connectivity index is 2.84. The van der Waals surface area contributed by atoms with Crippen LogP contribution >= 0.6 is 0 Å². The van der Waals surface area contributed by atoms with Crippen molar-refractivity contribution in [1.29, 1.82) is 0 Å². The van der Waals surface area contributed by atoms with Crippen LogP contribution in [0.4, 0.5) is 5.82 Å². The Labute approximate surface area is 89.2 Å². The molecule has 0 bridgehead atoms. The highest BCUT2D eigenvalue weighted by Crippen LogP contribution is 2.21. The number of oxime groups is 1. The summed E-state index contributed by atoms with van der Waals surface area (Å²) in [4.78, 5) is 10.0. The third kappa shape index (κ3) is 1.54. The second kappa shape index (κ2) is 3.89. The van der Waals surface area contributed by atoms with Crippen molar-refractivity contribution < 1.29 is 10.1 Å². The van der Waals surface area contributed by atoms with Gasteiger partial charge in [0.25, 0.3) is 0 Å². The van der Waals surface area contributed by atoms with Crippen molar-refractivity contribution in [2.45, 2.75) is 0 Å². The van der Waals surface area contributed by atoms with E-state index in [0.29, 0.717) is 10.9 Å². The third-order valence-electron chi connectivity index (χ3n) is 2.05. The number of aromatic nitrogens is 2. The van der Waals surface area contributed by atoms with Gasteiger partial charge in [-0.1, -0.05) is 23.4 Å². The molecule has 0 saturated carbocycles. The molecule has 7 heteroatoms. The number of nitro groups is 1. The zero-order valence-electron chi connectivity index (χ0n) is 7.94. The van der Waals surface area contributed by atoms with Gasteiger partial charge in [0.1, 0.15) is 11.1 Å². The Morgan fingerprint density at radius 1 is 1.38 bits per heavy atom. The summed E-state index contributed by atoms with van der Waals surface area (Å²) in [5.41, 5.74) is 0.640. The van der Waals surface area contributed by atoms with Gasteiger partial charge in [0, 0.05) is 5.39 Å². The molecule has 80 valence electrons. The molecule has 1 aromatic heterocycles. The predicted octanol–water partition coefficient (Wildman–Crippen LogP) is 1.35. The van der Waals surface area contributed by atoms with Crippen LogP contribution in [0, 0.1) is 10.1 Å². The molecule has 0 saturated heterocycles. The molecule has 0 atom stereocenters. The Kier molecular flexibility index (Phi) is 2.42. The van der Waals surface area contributed by atoms with E-state index in [1.54, 1.807) is 24.3 Å². The maximum absolute atomic E-state index is 10.7. The summed E-state index contributed by atoms with van der Waals surface area (Å²) in [5, 5.41) is 29.7. The Morgan fingerprint density at radius 2 is 2.12 bits per heavy atom. The van der Waals surface area contributed by atoms with Crippen LogP contribution in [0.2, 0.25) is 0 Å². The Bertz CT molecular complexity index is 582. The van der Waals surface area contributed by atoms with Crippen LogP contribution in [-0.4, -0.2) is 26.5 Å². The van der Waals surface area contributed by atoms with E-state index in [2.05, 4.69) is 15.4 Å². The largest absolute Gasteiger partial charge is 0.411 e. The fraction of sp³-hybridized carbons (Fsp3) is 0. The van der Waals surface area contributed by atoms with E-state index in [1.165, 1.54) is 0 Å². The van der Waals surface area contributed by atoms with Crippen molar-refractivity contribution >= 4 is 22.9 Å². The monoisotopic (exact) mass is 218 g/mol. The normalized spacial score (nSPS) is 11.0. The van der Waals surface area contributed by atoms with Crippen molar-refractivity contribution in [3.05, 3.63) is 39.9 Å². The number of rotatable bonds is 2. The standard InChI is InChI=1S/C9H6N4O3/c14-10-5-7-6-3-1-2-4-8(6)11-12-9(7)13(15)16/h1-5,14H/b10-5+. The molecule has 0 spiro atoms. The smallest absolute Gasteiger partial charge is 0.400 e. The van der Waals surface area contributed by atoms with E-state index in [-0.39, 0.29) is 5.56 Å². The zero-order valence-corrected chi connectivity index (χ0v) is 7.94. The first-order valence-electron chi connectivity index (χ1n) is 4.31. The topological polar surface area (TPSA) is 102 Å². The van der Waals surface area contributed by atoms with Gasteiger partial charge in [-0.3, -0.25) is 0 Å². The van der Waals surface area contributed by atoms with E-state index < -0.39 is 10.7 Å². The first-order valence-corrected chi connectivity index (χ1v) is 4.31. The first kappa shape index (κ1) is 9.97. The average molecular weight is 218 g/mol. The Hall–Kier alpha value is -2.57. The minimum absolute atomic E-state index is 0.137. The molecule has 0 aliphatic rings. The predicted molar refractivity (Wildman–Crippen MR) is 55.6 cm³/mol. The molecule has 2 rings (SSSR count). The fourth-order valence-corrected chi connectivity index (χ4v) is 1.38. The molecule has 1 N–H and O–H groups in total. The van der Waals surface area contributed by atoms with Crippen LogP contribution in [0.5, 0.6) is 0 Å². The van der Waals surface area contributed by atoms with Gasteiger partial charge >= 0.3 is 5.82 Å². The maximum Gasteiger partial charge on any atom is 0.400 e. The van der Waals surface area contributed by atoms with Crippen LogP contribution in [-0.2, 0) is 0 Å². The third-order valence-corrected chi connectivity index (χ3v) is 2.05. The highest BCUT2D eigenvalue weighted by molar-refractivity contribution is 6.00. The van der Waals surface area contributed by atoms with E-state index in [1.807, 2.05) is 0 Å². The molecule has 1 aromatic carbocycles. The summed E-state index contributed by atoms with van der Waals surface area (Å²) in [5.74, 6) is -0.434. The molecule has 0 fully saturated rings. The molecular formula is C9H6N4O3. The summed E-state index contributed by atoms with van der Waals surface area (Å²) < 4.78 is 0. The van der Waals surface area contributed by atoms with Gasteiger partial charge in [-0.05, 0) is 16.1 Å². The number of fused-ring (bicyclic) bond motifs is 1. The molecule has 16 heavy (non-hydrogen) atoms. The molecule has 0 unspecified atom stereocenters. The second-order valence-electron chi connectivity index (χ2n) is 2.96. The number of benzene rings is 1. The van der Waals surface area contributed by atoms with Crippen LogP contribution in [0.1, 0.15) is 5.56 Å². The summed E-state index contributed by atoms with van der Waals surface area (Å²) >= 11 is 0. The van der Waals surface area contributed by atoms with Gasteiger partial charge in [-0.2, -0.15) is 0 Å². The summed E-state index contributed by atoms with van der Waals surface area (Å²) in [6.45, 7) is 0. The minimum atomic E-state index is -0.670. The average Bonchev–Trinajstić information content (AvgIpc) is 2.29. The van der Waals surface area contributed by atoms with Gasteiger partial charge < -0.3 is 15.3 Å². The first-order chi connectivity index (χ1) is 7.74. The van der Waals surface area contributed by atoms with Gasteiger partial charge in [-0.15, -0.1) is 0 Å².